The summed E-state index contributed by atoms with van der Waals surface area (Å²) < 4.78 is 6.05. The number of aliphatic carboxylic acids is 1. The molecule has 0 atom stereocenters. The first-order chi connectivity index (χ1) is 9.75. The smallest absolute Gasteiger partial charge is 0.308 e. The van der Waals surface area contributed by atoms with Crippen LogP contribution in [-0.4, -0.2) is 26.2 Å². The van der Waals surface area contributed by atoms with Gasteiger partial charge in [0.15, 0.2) is 10.2 Å². The van der Waals surface area contributed by atoms with E-state index in [-0.39, 0.29) is 11.8 Å². The second kappa shape index (κ2) is 6.15. The number of thioether (sulfide) groups is 1. The molecule has 0 aliphatic heterocycles. The Balaban J connectivity index is 2.00. The fourth-order valence-corrected chi connectivity index (χ4v) is 3.58. The van der Waals surface area contributed by atoms with E-state index in [2.05, 4.69) is 15.1 Å². The van der Waals surface area contributed by atoms with Gasteiger partial charge in [-0.25, -0.2) is 4.98 Å². The van der Waals surface area contributed by atoms with Crippen molar-refractivity contribution in [3.8, 4) is 0 Å². The van der Waals surface area contributed by atoms with E-state index >= 15 is 0 Å². The highest BCUT2D eigenvalue weighted by Crippen LogP contribution is 2.30. The molecule has 1 N–H and O–H groups in total. The van der Waals surface area contributed by atoms with E-state index in [1.54, 1.807) is 0 Å². The third-order valence-corrected chi connectivity index (χ3v) is 4.92. The first-order valence-corrected chi connectivity index (χ1v) is 8.20. The number of carbonyl (C=O) groups is 1. The minimum atomic E-state index is -0.841. The summed E-state index contributed by atoms with van der Waals surface area (Å²) in [5.41, 5.74) is 0.607. The molecule has 114 valence electrons. The molecule has 2 heterocycles. The highest BCUT2D eigenvalue weighted by molar-refractivity contribution is 8.00. The Hall–Kier alpha value is -1.41. The number of carboxylic acids is 1. The standard InChI is InChI=1S/C13H17N3O3S2/c1-7-8(5-10(17)18)21-12(14-7)20-6-9-15-11(19-16-9)13(2,3)4/h5-6H2,1-4H3,(H,17,18). The second-order valence-corrected chi connectivity index (χ2v) is 7.92. The Morgan fingerprint density at radius 3 is 2.67 bits per heavy atom. The van der Waals surface area contributed by atoms with Crippen LogP contribution in [0, 0.1) is 6.92 Å². The van der Waals surface area contributed by atoms with Gasteiger partial charge in [-0.05, 0) is 6.92 Å². The average molecular weight is 327 g/mol. The van der Waals surface area contributed by atoms with Crippen molar-refractivity contribution < 1.29 is 14.4 Å². The van der Waals surface area contributed by atoms with Gasteiger partial charge in [0.1, 0.15) is 0 Å². The molecule has 0 radical (unpaired) electrons. The topological polar surface area (TPSA) is 89.1 Å². The van der Waals surface area contributed by atoms with E-state index in [9.17, 15) is 4.79 Å². The van der Waals surface area contributed by atoms with Gasteiger partial charge in [0.05, 0.1) is 17.9 Å². The Morgan fingerprint density at radius 2 is 2.10 bits per heavy atom. The number of hydrogen-bond acceptors (Lipinski definition) is 7. The largest absolute Gasteiger partial charge is 0.481 e. The van der Waals surface area contributed by atoms with Crippen LogP contribution < -0.4 is 0 Å². The third kappa shape index (κ3) is 4.28. The Morgan fingerprint density at radius 1 is 1.38 bits per heavy atom. The normalized spacial score (nSPS) is 11.8. The van der Waals surface area contributed by atoms with E-state index in [1.807, 2.05) is 27.7 Å². The molecule has 0 saturated heterocycles. The van der Waals surface area contributed by atoms with Crippen molar-refractivity contribution in [2.45, 2.75) is 49.6 Å². The van der Waals surface area contributed by atoms with Crippen LogP contribution >= 0.6 is 23.1 Å². The van der Waals surface area contributed by atoms with Gasteiger partial charge in [0.25, 0.3) is 0 Å². The molecule has 8 heteroatoms. The highest BCUT2D eigenvalue weighted by Gasteiger charge is 2.22. The lowest BCUT2D eigenvalue weighted by atomic mass is 9.97. The molecule has 0 aliphatic carbocycles. The third-order valence-electron chi connectivity index (χ3n) is 2.62. The van der Waals surface area contributed by atoms with E-state index in [0.717, 1.165) is 14.9 Å². The van der Waals surface area contributed by atoms with Crippen LogP contribution in [0.3, 0.4) is 0 Å². The monoisotopic (exact) mass is 327 g/mol. The summed E-state index contributed by atoms with van der Waals surface area (Å²) in [6.45, 7) is 7.87. The molecule has 6 nitrogen and oxygen atoms in total. The molecule has 0 saturated carbocycles. The van der Waals surface area contributed by atoms with Gasteiger partial charge in [-0.1, -0.05) is 37.7 Å². The van der Waals surface area contributed by atoms with Gasteiger partial charge in [-0.15, -0.1) is 11.3 Å². The molecule has 0 amide bonds. The number of thiazole rings is 1. The summed E-state index contributed by atoms with van der Waals surface area (Å²) in [4.78, 5) is 20.3. The fraction of sp³-hybridized carbons (Fsp3) is 0.538. The summed E-state index contributed by atoms with van der Waals surface area (Å²) >= 11 is 2.89. The van der Waals surface area contributed by atoms with Gasteiger partial charge >= 0.3 is 5.97 Å². The van der Waals surface area contributed by atoms with Crippen molar-refractivity contribution in [1.82, 2.24) is 15.1 Å². The Kier molecular flexibility index (Phi) is 4.67. The molecule has 0 fully saturated rings. The van der Waals surface area contributed by atoms with Gasteiger partial charge in [0.2, 0.25) is 5.89 Å². The zero-order chi connectivity index (χ0) is 15.6. The first kappa shape index (κ1) is 16.0. The maximum Gasteiger partial charge on any atom is 0.308 e. The number of aromatic nitrogens is 3. The van der Waals surface area contributed by atoms with Crippen LogP contribution in [-0.2, 0) is 22.4 Å². The number of hydrogen-bond donors (Lipinski definition) is 1. The van der Waals surface area contributed by atoms with Gasteiger partial charge in [0, 0.05) is 10.3 Å². The summed E-state index contributed by atoms with van der Waals surface area (Å²) in [6.07, 6.45) is 0.0143. The summed E-state index contributed by atoms with van der Waals surface area (Å²) in [6, 6.07) is 0. The molecular formula is C13H17N3O3S2. The quantitative estimate of drug-likeness (QED) is 0.844. The van der Waals surface area contributed by atoms with Crippen LogP contribution in [0.2, 0.25) is 0 Å². The second-order valence-electron chi connectivity index (χ2n) is 5.61. The minimum Gasteiger partial charge on any atom is -0.481 e. The molecule has 0 aromatic carbocycles. The Bertz CT molecular complexity index is 643. The molecule has 2 aromatic rings. The van der Waals surface area contributed by atoms with Crippen molar-refractivity contribution in [3.05, 3.63) is 22.3 Å². The van der Waals surface area contributed by atoms with Crippen LogP contribution in [0.4, 0.5) is 0 Å². The van der Waals surface area contributed by atoms with E-state index < -0.39 is 5.97 Å². The van der Waals surface area contributed by atoms with Gasteiger partial charge < -0.3 is 9.63 Å². The molecule has 2 aromatic heterocycles. The molecular weight excluding hydrogens is 310 g/mol. The van der Waals surface area contributed by atoms with Crippen LogP contribution in [0.5, 0.6) is 0 Å². The molecule has 2 rings (SSSR count). The lowest BCUT2D eigenvalue weighted by molar-refractivity contribution is -0.136. The van der Waals surface area contributed by atoms with Crippen molar-refractivity contribution >= 4 is 29.1 Å². The maximum absolute atomic E-state index is 10.7. The predicted molar refractivity (Wildman–Crippen MR) is 80.7 cm³/mol. The number of aryl methyl sites for hydroxylation is 1. The van der Waals surface area contributed by atoms with E-state index in [4.69, 9.17) is 9.63 Å². The van der Waals surface area contributed by atoms with E-state index in [0.29, 0.717) is 17.5 Å². The van der Waals surface area contributed by atoms with Gasteiger partial charge in [-0.2, -0.15) is 4.98 Å². The van der Waals surface area contributed by atoms with Crippen molar-refractivity contribution in [2.75, 3.05) is 0 Å². The maximum atomic E-state index is 10.7. The Labute approximate surface area is 131 Å². The van der Waals surface area contributed by atoms with Gasteiger partial charge in [-0.3, -0.25) is 4.79 Å². The average Bonchev–Trinajstić information content (AvgIpc) is 2.93. The van der Waals surface area contributed by atoms with Crippen LogP contribution in [0.15, 0.2) is 8.86 Å². The van der Waals surface area contributed by atoms with E-state index in [1.165, 1.54) is 23.1 Å². The van der Waals surface area contributed by atoms with Crippen molar-refractivity contribution in [1.29, 1.82) is 0 Å². The summed E-state index contributed by atoms with van der Waals surface area (Å²) in [5, 5.41) is 12.8. The molecule has 21 heavy (non-hydrogen) atoms. The zero-order valence-corrected chi connectivity index (χ0v) is 14.0. The van der Waals surface area contributed by atoms with Crippen molar-refractivity contribution in [2.24, 2.45) is 0 Å². The lowest BCUT2D eigenvalue weighted by Crippen LogP contribution is -2.11. The predicted octanol–water partition coefficient (Wildman–Crippen LogP) is 3.05. The summed E-state index contributed by atoms with van der Waals surface area (Å²) in [5.74, 6) is 0.947. The van der Waals surface area contributed by atoms with Crippen LogP contribution in [0.25, 0.3) is 0 Å². The van der Waals surface area contributed by atoms with Crippen LogP contribution in [0.1, 0.15) is 43.1 Å². The zero-order valence-electron chi connectivity index (χ0n) is 12.3. The number of nitrogens with zero attached hydrogens (tertiary/aromatic N) is 3. The number of carboxylic acid groups (broad SMARTS) is 1. The lowest BCUT2D eigenvalue weighted by Gasteiger charge is -2.10. The molecule has 0 aliphatic rings. The minimum absolute atomic E-state index is 0.0143. The fourth-order valence-electron chi connectivity index (χ4n) is 1.51. The number of rotatable bonds is 5. The molecule has 0 unspecified atom stereocenters. The first-order valence-electron chi connectivity index (χ1n) is 6.39. The molecule has 0 bridgehead atoms. The highest BCUT2D eigenvalue weighted by atomic mass is 32.2. The van der Waals surface area contributed by atoms with Crippen molar-refractivity contribution in [3.63, 3.8) is 0 Å². The summed E-state index contributed by atoms with van der Waals surface area (Å²) in [7, 11) is 0. The SMILES string of the molecule is Cc1nc(SCc2noc(C(C)(C)C)n2)sc1CC(=O)O. The molecule has 0 spiro atoms.